The third-order valence-electron chi connectivity index (χ3n) is 3.46. The highest BCUT2D eigenvalue weighted by Crippen LogP contribution is 2.14. The second-order valence-corrected chi connectivity index (χ2v) is 5.45. The maximum Gasteiger partial charge on any atom is 0.305 e. The maximum absolute atomic E-state index is 11.9. The van der Waals surface area contributed by atoms with Crippen molar-refractivity contribution >= 4 is 23.8 Å². The van der Waals surface area contributed by atoms with Crippen molar-refractivity contribution < 1.29 is 9.90 Å². The van der Waals surface area contributed by atoms with Crippen LogP contribution in [0, 0.1) is 0 Å². The predicted octanol–water partition coefficient (Wildman–Crippen LogP) is 2.56. The molecule has 5 heteroatoms. The fourth-order valence-corrected chi connectivity index (χ4v) is 2.10. The molecule has 0 radical (unpaired) electrons. The second kappa shape index (κ2) is 7.45. The van der Waals surface area contributed by atoms with Crippen LogP contribution >= 0.6 is 0 Å². The molecule has 0 fully saturated rings. The van der Waals surface area contributed by atoms with Gasteiger partial charge in [-0.3, -0.25) is 9.59 Å². The lowest BCUT2D eigenvalue weighted by atomic mass is 10.1. The lowest BCUT2D eigenvalue weighted by Crippen LogP contribution is -2.20. The summed E-state index contributed by atoms with van der Waals surface area (Å²) in [6, 6.07) is 11.4. The average molecular weight is 312 g/mol. The van der Waals surface area contributed by atoms with Crippen molar-refractivity contribution in [3.63, 3.8) is 0 Å². The number of hydrogen-bond donors (Lipinski definition) is 1. The molecule has 1 aromatic heterocycles. The zero-order valence-electron chi connectivity index (χ0n) is 13.3. The number of aliphatic carboxylic acids is 1. The van der Waals surface area contributed by atoms with Crippen LogP contribution in [0.15, 0.2) is 47.4 Å². The van der Waals surface area contributed by atoms with E-state index in [1.54, 1.807) is 12.3 Å². The van der Waals surface area contributed by atoms with Gasteiger partial charge in [0.05, 0.1) is 6.42 Å². The van der Waals surface area contributed by atoms with Gasteiger partial charge in [-0.05, 0) is 29.3 Å². The smallest absolute Gasteiger partial charge is 0.305 e. The van der Waals surface area contributed by atoms with Crippen molar-refractivity contribution in [2.24, 2.45) is 0 Å². The molecule has 2 aromatic rings. The van der Waals surface area contributed by atoms with Gasteiger partial charge in [0.2, 0.25) is 0 Å². The summed E-state index contributed by atoms with van der Waals surface area (Å²) in [5.41, 5.74) is 2.77. The minimum absolute atomic E-state index is 0.0622. The van der Waals surface area contributed by atoms with Crippen LogP contribution in [-0.4, -0.2) is 29.7 Å². The van der Waals surface area contributed by atoms with Gasteiger partial charge < -0.3 is 14.6 Å². The Balaban J connectivity index is 2.09. The summed E-state index contributed by atoms with van der Waals surface area (Å²) in [7, 11) is 3.98. The van der Waals surface area contributed by atoms with E-state index in [4.69, 9.17) is 5.11 Å². The lowest BCUT2D eigenvalue weighted by Gasteiger charge is -2.11. The van der Waals surface area contributed by atoms with E-state index in [2.05, 4.69) is 0 Å². The third-order valence-corrected chi connectivity index (χ3v) is 3.46. The fourth-order valence-electron chi connectivity index (χ4n) is 2.10. The molecular weight excluding hydrogens is 292 g/mol. The molecule has 0 bridgehead atoms. The van der Waals surface area contributed by atoms with Gasteiger partial charge in [-0.2, -0.15) is 0 Å². The third kappa shape index (κ3) is 4.85. The lowest BCUT2D eigenvalue weighted by molar-refractivity contribution is -0.137. The Morgan fingerprint density at radius 3 is 2.35 bits per heavy atom. The number of aryl methyl sites for hydroxylation is 1. The molecule has 0 atom stereocenters. The van der Waals surface area contributed by atoms with Gasteiger partial charge in [-0.25, -0.2) is 0 Å². The Hall–Kier alpha value is -2.82. The number of carboxylic acid groups (broad SMARTS) is 1. The van der Waals surface area contributed by atoms with Crippen LogP contribution in [0.25, 0.3) is 12.2 Å². The molecule has 0 saturated heterocycles. The first-order valence-electron chi connectivity index (χ1n) is 7.33. The summed E-state index contributed by atoms with van der Waals surface area (Å²) < 4.78 is 1.40. The van der Waals surface area contributed by atoms with Gasteiger partial charge in [0.15, 0.2) is 0 Å². The highest BCUT2D eigenvalue weighted by atomic mass is 16.4. The number of anilines is 1. The van der Waals surface area contributed by atoms with Crippen LogP contribution in [0.5, 0.6) is 0 Å². The van der Waals surface area contributed by atoms with Crippen LogP contribution < -0.4 is 10.5 Å². The fraction of sp³-hybridized carbons (Fsp3) is 0.222. The highest BCUT2D eigenvalue weighted by molar-refractivity contribution is 5.70. The SMILES string of the molecule is CN(C)c1ccc(/C=C/c2ccn(CCC(=O)O)c(=O)c2)cc1. The summed E-state index contributed by atoms with van der Waals surface area (Å²) >= 11 is 0. The van der Waals surface area contributed by atoms with Crippen molar-refractivity contribution in [1.29, 1.82) is 0 Å². The number of pyridine rings is 1. The molecular formula is C18H20N2O3. The van der Waals surface area contributed by atoms with Crippen LogP contribution in [0.1, 0.15) is 17.5 Å². The zero-order chi connectivity index (χ0) is 16.8. The molecule has 0 saturated carbocycles. The standard InChI is InChI=1S/C18H20N2O3/c1-19(2)16-7-5-14(6-8-16)3-4-15-9-11-20(17(21)13-15)12-10-18(22)23/h3-9,11,13H,10,12H2,1-2H3,(H,22,23)/b4-3+. The normalized spacial score (nSPS) is 10.9. The molecule has 120 valence electrons. The molecule has 0 aliphatic rings. The Kier molecular flexibility index (Phi) is 5.36. The molecule has 2 rings (SSSR count). The van der Waals surface area contributed by atoms with Crippen molar-refractivity contribution in [3.05, 3.63) is 64.1 Å². The molecule has 0 aliphatic carbocycles. The predicted molar refractivity (Wildman–Crippen MR) is 92.7 cm³/mol. The number of hydrogen-bond acceptors (Lipinski definition) is 3. The number of aromatic nitrogens is 1. The molecule has 0 aliphatic heterocycles. The summed E-state index contributed by atoms with van der Waals surface area (Å²) in [6.45, 7) is 0.185. The molecule has 0 unspecified atom stereocenters. The van der Waals surface area contributed by atoms with E-state index in [9.17, 15) is 9.59 Å². The number of carboxylic acids is 1. The van der Waals surface area contributed by atoms with E-state index in [-0.39, 0.29) is 18.5 Å². The van der Waals surface area contributed by atoms with Gasteiger partial charge in [0.1, 0.15) is 0 Å². The Bertz CT molecular complexity index is 759. The number of rotatable bonds is 6. The van der Waals surface area contributed by atoms with Gasteiger partial charge in [-0.15, -0.1) is 0 Å². The van der Waals surface area contributed by atoms with Crippen LogP contribution in [0.2, 0.25) is 0 Å². The first kappa shape index (κ1) is 16.5. The van der Waals surface area contributed by atoms with E-state index >= 15 is 0 Å². The van der Waals surface area contributed by atoms with Crippen molar-refractivity contribution in [1.82, 2.24) is 4.57 Å². The van der Waals surface area contributed by atoms with Crippen LogP contribution in [0.4, 0.5) is 5.69 Å². The molecule has 1 heterocycles. The van der Waals surface area contributed by atoms with Crippen LogP contribution in [0.3, 0.4) is 0 Å². The quantitative estimate of drug-likeness (QED) is 0.890. The van der Waals surface area contributed by atoms with Gasteiger partial charge in [0.25, 0.3) is 5.56 Å². The molecule has 5 nitrogen and oxygen atoms in total. The molecule has 0 amide bonds. The second-order valence-electron chi connectivity index (χ2n) is 5.45. The van der Waals surface area contributed by atoms with Gasteiger partial charge in [0, 0.05) is 38.6 Å². The highest BCUT2D eigenvalue weighted by Gasteiger charge is 2.01. The minimum Gasteiger partial charge on any atom is -0.481 e. The molecule has 1 aromatic carbocycles. The largest absolute Gasteiger partial charge is 0.481 e. The van der Waals surface area contributed by atoms with E-state index in [1.165, 1.54) is 10.6 Å². The van der Waals surface area contributed by atoms with Crippen molar-refractivity contribution in [3.8, 4) is 0 Å². The topological polar surface area (TPSA) is 62.5 Å². The van der Waals surface area contributed by atoms with E-state index in [0.717, 1.165) is 16.8 Å². The molecule has 23 heavy (non-hydrogen) atoms. The minimum atomic E-state index is -0.915. The average Bonchev–Trinajstić information content (AvgIpc) is 2.52. The number of carbonyl (C=O) groups is 1. The van der Waals surface area contributed by atoms with Crippen molar-refractivity contribution in [2.75, 3.05) is 19.0 Å². The van der Waals surface area contributed by atoms with Crippen molar-refractivity contribution in [2.45, 2.75) is 13.0 Å². The molecule has 1 N–H and O–H groups in total. The first-order valence-corrected chi connectivity index (χ1v) is 7.33. The number of nitrogens with zero attached hydrogens (tertiary/aromatic N) is 2. The Labute approximate surface area is 135 Å². The van der Waals surface area contributed by atoms with Crippen LogP contribution in [-0.2, 0) is 11.3 Å². The van der Waals surface area contributed by atoms with Gasteiger partial charge >= 0.3 is 5.97 Å². The molecule has 0 spiro atoms. The summed E-state index contributed by atoms with van der Waals surface area (Å²) in [5.74, 6) is -0.915. The first-order chi connectivity index (χ1) is 11.0. The van der Waals surface area contributed by atoms with E-state index in [0.29, 0.717) is 0 Å². The Morgan fingerprint density at radius 1 is 1.13 bits per heavy atom. The van der Waals surface area contributed by atoms with E-state index in [1.807, 2.05) is 55.4 Å². The zero-order valence-corrected chi connectivity index (χ0v) is 13.3. The maximum atomic E-state index is 11.9. The Morgan fingerprint density at radius 2 is 1.78 bits per heavy atom. The van der Waals surface area contributed by atoms with E-state index < -0.39 is 5.97 Å². The van der Waals surface area contributed by atoms with Gasteiger partial charge in [-0.1, -0.05) is 24.3 Å². The summed E-state index contributed by atoms with van der Waals surface area (Å²) in [4.78, 5) is 24.5. The number of benzene rings is 1. The monoisotopic (exact) mass is 312 g/mol. The summed E-state index contributed by atoms with van der Waals surface area (Å²) in [5, 5.41) is 8.65. The summed E-state index contributed by atoms with van der Waals surface area (Å²) in [6.07, 6.45) is 5.37.